The second kappa shape index (κ2) is 17.8. The first-order valence-electron chi connectivity index (χ1n) is 7.77. The molecule has 0 aliphatic carbocycles. The van der Waals surface area contributed by atoms with Gasteiger partial charge in [-0.15, -0.1) is 12.3 Å². The third kappa shape index (κ3) is 37.9. The molecule has 10 heteroatoms. The Hall–Kier alpha value is -2.06. The van der Waals surface area contributed by atoms with Crippen molar-refractivity contribution in [1.82, 2.24) is 0 Å². The Balaban J connectivity index is -0.000000551. The molecule has 0 fully saturated rings. The van der Waals surface area contributed by atoms with Gasteiger partial charge in [0.1, 0.15) is 0 Å². The van der Waals surface area contributed by atoms with Crippen LogP contribution in [-0.4, -0.2) is 49.9 Å². The van der Waals surface area contributed by atoms with E-state index in [4.69, 9.17) is 51.5 Å². The average molecular weight is 382 g/mol. The zero-order chi connectivity index (χ0) is 21.2. The van der Waals surface area contributed by atoms with Crippen LogP contribution in [0, 0.1) is 18.3 Å². The molecular formula is C16H30O10. The van der Waals surface area contributed by atoms with Gasteiger partial charge < -0.3 is 20.4 Å². The highest BCUT2D eigenvalue weighted by atomic mass is 17.3. The number of rotatable bonds is 9. The minimum atomic E-state index is -1.83. The molecule has 0 aliphatic rings. The number of hydrogen-bond donors (Lipinski definition) is 5. The van der Waals surface area contributed by atoms with E-state index in [0.717, 1.165) is 25.7 Å². The Morgan fingerprint density at radius 2 is 1.50 bits per heavy atom. The molecule has 0 bridgehead atoms. The lowest BCUT2D eigenvalue weighted by Gasteiger charge is -2.21. The van der Waals surface area contributed by atoms with Gasteiger partial charge in [0.25, 0.3) is 0 Å². The third-order valence-corrected chi connectivity index (χ3v) is 2.44. The second-order valence-corrected chi connectivity index (χ2v) is 6.17. The van der Waals surface area contributed by atoms with Crippen LogP contribution in [-0.2, 0) is 14.7 Å². The van der Waals surface area contributed by atoms with E-state index >= 15 is 0 Å². The van der Waals surface area contributed by atoms with Gasteiger partial charge >= 0.3 is 12.3 Å². The van der Waals surface area contributed by atoms with Gasteiger partial charge in [-0.05, 0) is 39.5 Å². The maximum Gasteiger partial charge on any atom is 0.503 e. The Morgan fingerprint density at radius 1 is 1.04 bits per heavy atom. The van der Waals surface area contributed by atoms with E-state index in [0.29, 0.717) is 12.3 Å². The highest BCUT2D eigenvalue weighted by Crippen LogP contribution is 2.17. The fourth-order valence-corrected chi connectivity index (χ4v) is 1.42. The minimum absolute atomic E-state index is 0.420. The van der Waals surface area contributed by atoms with Crippen LogP contribution in [0.5, 0.6) is 0 Å². The van der Waals surface area contributed by atoms with Crippen molar-refractivity contribution < 1.29 is 49.9 Å². The summed E-state index contributed by atoms with van der Waals surface area (Å²) < 4.78 is 0. The summed E-state index contributed by atoms with van der Waals surface area (Å²) in [5.41, 5.74) is -0.420. The molecule has 0 aromatic heterocycles. The van der Waals surface area contributed by atoms with Gasteiger partial charge in [-0.2, -0.15) is 0 Å². The number of hydrogen-bond acceptors (Lipinski definition) is 6. The van der Waals surface area contributed by atoms with E-state index in [-0.39, 0.29) is 0 Å². The molecule has 10 nitrogen and oxygen atoms in total. The highest BCUT2D eigenvalue weighted by Gasteiger charge is 2.17. The lowest BCUT2D eigenvalue weighted by Crippen LogP contribution is -2.25. The van der Waals surface area contributed by atoms with E-state index < -0.39 is 24.2 Å². The quantitative estimate of drug-likeness (QED) is 0.169. The maximum absolute atomic E-state index is 8.70. The molecule has 2 unspecified atom stereocenters. The smallest absolute Gasteiger partial charge is 0.450 e. The Bertz CT molecular complexity index is 377. The highest BCUT2D eigenvalue weighted by molar-refractivity contribution is 5.53. The summed E-state index contributed by atoms with van der Waals surface area (Å²) in [4.78, 5) is 31.4. The summed E-state index contributed by atoms with van der Waals surface area (Å²) in [5, 5.41) is 36.6. The zero-order valence-corrected chi connectivity index (χ0v) is 15.5. The van der Waals surface area contributed by atoms with Gasteiger partial charge in [0.05, 0.1) is 5.60 Å². The average Bonchev–Trinajstić information content (AvgIpc) is 2.46. The fourth-order valence-electron chi connectivity index (χ4n) is 1.42. The Kier molecular flexibility index (Phi) is 19.6. The predicted molar refractivity (Wildman–Crippen MR) is 91.8 cm³/mol. The lowest BCUT2D eigenvalue weighted by molar-refractivity contribution is -0.471. The summed E-state index contributed by atoms with van der Waals surface area (Å²) in [6.07, 6.45) is 5.17. The van der Waals surface area contributed by atoms with Crippen LogP contribution in [0.3, 0.4) is 0 Å². The van der Waals surface area contributed by atoms with Crippen LogP contribution in [0.2, 0.25) is 0 Å². The molecule has 0 aromatic rings. The van der Waals surface area contributed by atoms with Crippen LogP contribution < -0.4 is 0 Å². The van der Waals surface area contributed by atoms with Crippen molar-refractivity contribution in [3.63, 3.8) is 0 Å². The maximum atomic E-state index is 8.70. The van der Waals surface area contributed by atoms with E-state index in [1.54, 1.807) is 0 Å². The van der Waals surface area contributed by atoms with Crippen LogP contribution in [0.15, 0.2) is 0 Å². The molecule has 0 aliphatic heterocycles. The van der Waals surface area contributed by atoms with Crippen LogP contribution in [0.4, 0.5) is 9.59 Å². The molecule has 2 atom stereocenters. The number of carbonyl (C=O) groups is 2. The third-order valence-electron chi connectivity index (χ3n) is 2.44. The van der Waals surface area contributed by atoms with Crippen molar-refractivity contribution in [2.75, 3.05) is 0 Å². The molecule has 0 radical (unpaired) electrons. The van der Waals surface area contributed by atoms with Crippen molar-refractivity contribution in [2.24, 2.45) is 5.92 Å². The summed E-state index contributed by atoms with van der Waals surface area (Å²) in [7, 11) is 0. The van der Waals surface area contributed by atoms with Gasteiger partial charge in [-0.1, -0.05) is 13.3 Å². The van der Waals surface area contributed by atoms with E-state index in [1.165, 1.54) is 0 Å². The molecule has 0 aromatic carbocycles. The zero-order valence-electron chi connectivity index (χ0n) is 15.5. The summed E-state index contributed by atoms with van der Waals surface area (Å²) in [6, 6.07) is 0. The molecule has 26 heavy (non-hydrogen) atoms. The first kappa shape index (κ1) is 28.7. The summed E-state index contributed by atoms with van der Waals surface area (Å²) in [5.74, 6) is 3.21. The molecule has 0 saturated heterocycles. The van der Waals surface area contributed by atoms with E-state index in [9.17, 15) is 0 Å². The molecule has 0 spiro atoms. The van der Waals surface area contributed by atoms with Crippen molar-refractivity contribution in [1.29, 1.82) is 0 Å². The van der Waals surface area contributed by atoms with Gasteiger partial charge in [0.15, 0.2) is 0 Å². The summed E-state index contributed by atoms with van der Waals surface area (Å²) in [6.45, 7) is 7.76. The first-order chi connectivity index (χ1) is 11.9. The normalized spacial score (nSPS) is 12.3. The lowest BCUT2D eigenvalue weighted by atomic mass is 9.99. The van der Waals surface area contributed by atoms with Gasteiger partial charge in [-0.3, -0.25) is 0 Å². The number of carboxylic acid groups (broad SMARTS) is 4. The van der Waals surface area contributed by atoms with Crippen LogP contribution in [0.1, 0.15) is 59.8 Å². The van der Waals surface area contributed by atoms with E-state index in [1.807, 2.05) is 20.8 Å². The fraction of sp³-hybridized carbons (Fsp3) is 0.750. The topological polar surface area (TPSA) is 163 Å². The van der Waals surface area contributed by atoms with Crippen LogP contribution >= 0.6 is 0 Å². The Labute approximate surface area is 153 Å². The van der Waals surface area contributed by atoms with Crippen molar-refractivity contribution in [3.05, 3.63) is 0 Å². The van der Waals surface area contributed by atoms with Crippen molar-refractivity contribution in [3.8, 4) is 12.3 Å². The van der Waals surface area contributed by atoms with E-state index in [2.05, 4.69) is 17.7 Å². The van der Waals surface area contributed by atoms with Gasteiger partial charge in [-0.25, -0.2) is 29.5 Å². The molecule has 0 heterocycles. The first-order valence-corrected chi connectivity index (χ1v) is 7.77. The summed E-state index contributed by atoms with van der Waals surface area (Å²) >= 11 is 0. The predicted octanol–water partition coefficient (Wildman–Crippen LogP) is 4.21. The number of terminal acetylenes is 1. The van der Waals surface area contributed by atoms with Crippen molar-refractivity contribution >= 4 is 12.3 Å². The molecular weight excluding hydrogens is 352 g/mol. The van der Waals surface area contributed by atoms with Crippen LogP contribution in [0.25, 0.3) is 0 Å². The van der Waals surface area contributed by atoms with Gasteiger partial charge in [0.2, 0.25) is 6.29 Å². The molecule has 5 N–H and O–H groups in total. The SMILES string of the molecule is C#CCCC(C)CCCC(OO)OOC(C)(C)C.O=C(O)O.O=C(O)O. The molecule has 0 amide bonds. The Morgan fingerprint density at radius 3 is 1.85 bits per heavy atom. The monoisotopic (exact) mass is 382 g/mol. The van der Waals surface area contributed by atoms with Gasteiger partial charge in [0, 0.05) is 12.8 Å². The standard InChI is InChI=1S/C14H26O4.2CH2O3/c1-6-7-9-12(2)10-8-11-13(16-15)17-18-14(3,4)5;2*2-1(3)4/h1,12-13,15H,7-11H2,2-5H3;2*(H2,2,3,4). The largest absolute Gasteiger partial charge is 0.503 e. The van der Waals surface area contributed by atoms with Crippen molar-refractivity contribution in [2.45, 2.75) is 71.7 Å². The molecule has 0 rings (SSSR count). The molecule has 0 saturated carbocycles. The second-order valence-electron chi connectivity index (χ2n) is 6.17. The molecule has 154 valence electrons. The minimum Gasteiger partial charge on any atom is -0.450 e.